The Morgan fingerprint density at radius 2 is 2.03 bits per heavy atom. The van der Waals surface area contributed by atoms with Gasteiger partial charge in [-0.2, -0.15) is 0 Å². The summed E-state index contributed by atoms with van der Waals surface area (Å²) in [5.74, 6) is 0.543. The second kappa shape index (κ2) is 7.70. The number of rotatable bonds is 4. The number of nitrogen functional groups attached to an aromatic ring is 1. The van der Waals surface area contributed by atoms with Gasteiger partial charge in [0.05, 0.1) is 17.1 Å². The summed E-state index contributed by atoms with van der Waals surface area (Å²) in [5, 5.41) is 13.4. The number of para-hydroxylation sites is 1. The van der Waals surface area contributed by atoms with Crippen molar-refractivity contribution < 1.29 is 9.90 Å². The van der Waals surface area contributed by atoms with E-state index in [1.165, 1.54) is 0 Å². The number of fused-ring (bicyclic) bond motifs is 2. The number of hydrogen-bond donors (Lipinski definition) is 3. The van der Waals surface area contributed by atoms with E-state index >= 15 is 0 Å². The zero-order chi connectivity index (χ0) is 22.5. The van der Waals surface area contributed by atoms with Gasteiger partial charge >= 0.3 is 5.97 Å². The van der Waals surface area contributed by atoms with Gasteiger partial charge in [-0.15, -0.1) is 11.3 Å². The lowest BCUT2D eigenvalue weighted by molar-refractivity contribution is -0.142. The fourth-order valence-electron chi connectivity index (χ4n) is 4.98. The predicted molar refractivity (Wildman–Crippen MR) is 128 cm³/mol. The molecule has 4 N–H and O–H groups in total. The molecule has 0 unspecified atom stereocenters. The Morgan fingerprint density at radius 3 is 2.79 bits per heavy atom. The van der Waals surface area contributed by atoms with Gasteiger partial charge in [0.1, 0.15) is 27.9 Å². The summed E-state index contributed by atoms with van der Waals surface area (Å²) in [6, 6.07) is 8.26. The van der Waals surface area contributed by atoms with Crippen LogP contribution in [0.4, 0.5) is 5.82 Å². The van der Waals surface area contributed by atoms with E-state index in [1.54, 1.807) is 17.5 Å². The van der Waals surface area contributed by atoms with Gasteiger partial charge in [-0.1, -0.05) is 12.1 Å². The average Bonchev–Trinajstić information content (AvgIpc) is 3.57. The zero-order valence-electron chi connectivity index (χ0n) is 17.7. The number of aromatic amines is 1. The minimum atomic E-state index is -0.704. The summed E-state index contributed by atoms with van der Waals surface area (Å²) >= 11 is 1.60. The number of aromatic nitrogens is 5. The SMILES string of the molecule is Nc1nccn2c(C3CCC(C(=O)O)CC3)nc(-c3cc4cccc(-c5nccs5)c4[nH]3)c12. The summed E-state index contributed by atoms with van der Waals surface area (Å²) in [6.07, 6.45) is 8.29. The van der Waals surface area contributed by atoms with Gasteiger partial charge in [0.25, 0.3) is 0 Å². The van der Waals surface area contributed by atoms with Crippen LogP contribution in [-0.2, 0) is 4.79 Å². The molecule has 166 valence electrons. The number of imidazole rings is 1. The molecule has 1 aliphatic carbocycles. The van der Waals surface area contributed by atoms with Crippen LogP contribution in [-0.4, -0.2) is 35.4 Å². The third kappa shape index (κ3) is 3.27. The smallest absolute Gasteiger partial charge is 0.306 e. The first-order valence-electron chi connectivity index (χ1n) is 11.0. The topological polar surface area (TPSA) is 122 Å². The monoisotopic (exact) mass is 458 g/mol. The van der Waals surface area contributed by atoms with Gasteiger partial charge in [0.2, 0.25) is 0 Å². The first-order chi connectivity index (χ1) is 16.1. The maximum atomic E-state index is 11.4. The molecule has 4 aromatic heterocycles. The molecule has 0 atom stereocenters. The van der Waals surface area contributed by atoms with E-state index < -0.39 is 5.97 Å². The molecule has 6 rings (SSSR count). The molecule has 1 fully saturated rings. The average molecular weight is 459 g/mol. The van der Waals surface area contributed by atoms with Gasteiger partial charge < -0.3 is 15.8 Å². The number of nitrogens with zero attached hydrogens (tertiary/aromatic N) is 4. The summed E-state index contributed by atoms with van der Waals surface area (Å²) in [6.45, 7) is 0. The third-order valence-electron chi connectivity index (χ3n) is 6.63. The Labute approximate surface area is 193 Å². The molecule has 9 heteroatoms. The highest BCUT2D eigenvalue weighted by molar-refractivity contribution is 7.13. The molecule has 0 aliphatic heterocycles. The van der Waals surface area contributed by atoms with Crippen LogP contribution in [0.5, 0.6) is 0 Å². The van der Waals surface area contributed by atoms with E-state index in [2.05, 4.69) is 33.2 Å². The number of nitrogens with two attached hydrogens (primary N) is 1. The summed E-state index contributed by atoms with van der Waals surface area (Å²) in [5.41, 5.74) is 10.8. The summed E-state index contributed by atoms with van der Waals surface area (Å²) in [7, 11) is 0. The van der Waals surface area contributed by atoms with Crippen LogP contribution in [0.2, 0.25) is 0 Å². The third-order valence-corrected chi connectivity index (χ3v) is 7.43. The van der Waals surface area contributed by atoms with Crippen molar-refractivity contribution in [2.45, 2.75) is 31.6 Å². The van der Waals surface area contributed by atoms with Crippen LogP contribution in [0.3, 0.4) is 0 Å². The van der Waals surface area contributed by atoms with Crippen molar-refractivity contribution in [2.24, 2.45) is 5.92 Å². The number of hydrogen-bond acceptors (Lipinski definition) is 6. The molecule has 1 saturated carbocycles. The number of carboxylic acid groups (broad SMARTS) is 1. The Morgan fingerprint density at radius 1 is 1.18 bits per heavy atom. The van der Waals surface area contributed by atoms with Crippen molar-refractivity contribution in [3.8, 4) is 22.0 Å². The molecular formula is C24H22N6O2S. The molecule has 0 amide bonds. The van der Waals surface area contributed by atoms with Crippen molar-refractivity contribution in [3.63, 3.8) is 0 Å². The second-order valence-corrected chi connectivity index (χ2v) is 9.42. The minimum absolute atomic E-state index is 0.180. The quantitative estimate of drug-likeness (QED) is 0.351. The Bertz CT molecular complexity index is 1480. The molecular weight excluding hydrogens is 436 g/mol. The summed E-state index contributed by atoms with van der Waals surface area (Å²) < 4.78 is 2.02. The number of benzene rings is 1. The number of thiazole rings is 1. The zero-order valence-corrected chi connectivity index (χ0v) is 18.5. The van der Waals surface area contributed by atoms with Crippen LogP contribution in [0.15, 0.2) is 48.2 Å². The number of anilines is 1. The lowest BCUT2D eigenvalue weighted by atomic mass is 9.81. The van der Waals surface area contributed by atoms with Crippen molar-refractivity contribution >= 4 is 39.5 Å². The van der Waals surface area contributed by atoms with E-state index in [9.17, 15) is 9.90 Å². The number of carboxylic acids is 1. The van der Waals surface area contributed by atoms with Gasteiger partial charge in [0.15, 0.2) is 0 Å². The normalized spacial score (nSPS) is 18.8. The largest absolute Gasteiger partial charge is 0.481 e. The Hall–Kier alpha value is -3.72. The van der Waals surface area contributed by atoms with Gasteiger partial charge in [-0.25, -0.2) is 15.0 Å². The highest BCUT2D eigenvalue weighted by Gasteiger charge is 2.30. The van der Waals surface area contributed by atoms with Crippen LogP contribution >= 0.6 is 11.3 Å². The first kappa shape index (κ1) is 19.9. The van der Waals surface area contributed by atoms with Gasteiger partial charge in [0, 0.05) is 40.8 Å². The number of carbonyl (C=O) groups is 1. The molecule has 5 aromatic rings. The number of aliphatic carboxylic acids is 1. The molecule has 0 bridgehead atoms. The van der Waals surface area contributed by atoms with Crippen molar-refractivity contribution in [1.29, 1.82) is 0 Å². The fourth-order valence-corrected chi connectivity index (χ4v) is 5.65. The van der Waals surface area contributed by atoms with Crippen molar-refractivity contribution in [2.75, 3.05) is 5.73 Å². The molecule has 1 aromatic carbocycles. The highest BCUT2D eigenvalue weighted by Crippen LogP contribution is 2.39. The van der Waals surface area contributed by atoms with Crippen molar-refractivity contribution in [3.05, 3.63) is 54.1 Å². The Kier molecular flexibility index (Phi) is 4.65. The lowest BCUT2D eigenvalue weighted by Gasteiger charge is -2.25. The van der Waals surface area contributed by atoms with Gasteiger partial charge in [-0.05, 0) is 37.8 Å². The molecule has 0 saturated heterocycles. The Balaban J connectivity index is 1.48. The maximum Gasteiger partial charge on any atom is 0.306 e. The summed E-state index contributed by atoms with van der Waals surface area (Å²) in [4.78, 5) is 28.8. The van der Waals surface area contributed by atoms with Crippen LogP contribution in [0.1, 0.15) is 37.4 Å². The predicted octanol–water partition coefficient (Wildman–Crippen LogP) is 4.94. The molecule has 1 aliphatic rings. The second-order valence-electron chi connectivity index (χ2n) is 8.53. The minimum Gasteiger partial charge on any atom is -0.481 e. The number of nitrogens with one attached hydrogen (secondary N) is 1. The van der Waals surface area contributed by atoms with Crippen LogP contribution < -0.4 is 5.73 Å². The molecule has 8 nitrogen and oxygen atoms in total. The van der Waals surface area contributed by atoms with Crippen molar-refractivity contribution in [1.82, 2.24) is 24.3 Å². The molecule has 4 heterocycles. The molecule has 0 radical (unpaired) electrons. The van der Waals surface area contributed by atoms with E-state index in [0.717, 1.165) is 57.0 Å². The van der Waals surface area contributed by atoms with E-state index in [-0.39, 0.29) is 11.8 Å². The number of H-pyrrole nitrogens is 1. The van der Waals surface area contributed by atoms with E-state index in [4.69, 9.17) is 10.7 Å². The fraction of sp³-hybridized carbons (Fsp3) is 0.250. The highest BCUT2D eigenvalue weighted by atomic mass is 32.1. The van der Waals surface area contributed by atoms with Gasteiger partial charge in [-0.3, -0.25) is 9.20 Å². The van der Waals surface area contributed by atoms with Crippen LogP contribution in [0.25, 0.3) is 38.4 Å². The maximum absolute atomic E-state index is 11.4. The first-order valence-corrected chi connectivity index (χ1v) is 11.9. The standard InChI is InChI=1S/C24H22N6O2S/c25-21-20-19(17-12-15-2-1-3-16(18(15)28-17)23-27-9-11-33-23)29-22(30(20)10-8-26-21)13-4-6-14(7-5-13)24(31)32/h1-3,8-14,28H,4-7H2,(H2,25,26)(H,31,32). The lowest BCUT2D eigenvalue weighted by Crippen LogP contribution is -2.21. The van der Waals surface area contributed by atoms with E-state index in [1.807, 2.05) is 28.2 Å². The van der Waals surface area contributed by atoms with E-state index in [0.29, 0.717) is 18.7 Å². The molecule has 0 spiro atoms. The molecule has 33 heavy (non-hydrogen) atoms. The van der Waals surface area contributed by atoms with Crippen LogP contribution in [0, 0.1) is 5.92 Å².